The summed E-state index contributed by atoms with van der Waals surface area (Å²) < 4.78 is 40.8. The summed E-state index contributed by atoms with van der Waals surface area (Å²) in [6.45, 7) is 1.29. The van der Waals surface area contributed by atoms with Crippen LogP contribution in [0.5, 0.6) is 0 Å². The van der Waals surface area contributed by atoms with Gasteiger partial charge in [-0.25, -0.2) is 0 Å². The normalized spacial score (nSPS) is 18.9. The van der Waals surface area contributed by atoms with Crippen molar-refractivity contribution in [3.63, 3.8) is 0 Å². The van der Waals surface area contributed by atoms with Crippen LogP contribution in [0, 0.1) is 5.92 Å². The molecule has 4 nitrogen and oxygen atoms in total. The molecule has 1 saturated heterocycles. The molecule has 4 rings (SSSR count). The Kier molecular flexibility index (Phi) is 4.63. The number of piperidine rings is 1. The molecule has 3 aromatic rings. The number of hydrogen-bond donors (Lipinski definition) is 0. The standard InChI is InChI=1S/C20H21F3N4/c1-26-12-15(10-25-26)17-6-7-24-19-9-14(4-5-18(17)19)11-27-8-2-3-16(13-27)20(21,22)23/h4-7,9-10,12,16H,2-3,8,11,13H2,1H3. The first-order chi connectivity index (χ1) is 12.9. The second-order valence-corrected chi connectivity index (χ2v) is 7.23. The highest BCUT2D eigenvalue weighted by Crippen LogP contribution is 2.34. The average Bonchev–Trinajstić information content (AvgIpc) is 3.07. The van der Waals surface area contributed by atoms with Crippen LogP contribution in [-0.4, -0.2) is 38.9 Å². The van der Waals surface area contributed by atoms with Crippen LogP contribution in [-0.2, 0) is 13.6 Å². The van der Waals surface area contributed by atoms with Crippen molar-refractivity contribution in [1.82, 2.24) is 19.7 Å². The molecule has 1 fully saturated rings. The van der Waals surface area contributed by atoms with Gasteiger partial charge in [0.05, 0.1) is 17.6 Å². The van der Waals surface area contributed by atoms with Crippen molar-refractivity contribution < 1.29 is 13.2 Å². The first-order valence-electron chi connectivity index (χ1n) is 9.06. The Morgan fingerprint density at radius 3 is 2.81 bits per heavy atom. The molecule has 0 radical (unpaired) electrons. The highest BCUT2D eigenvalue weighted by molar-refractivity contribution is 5.94. The van der Waals surface area contributed by atoms with Crippen LogP contribution in [0.2, 0.25) is 0 Å². The lowest BCUT2D eigenvalue weighted by atomic mass is 9.96. The number of aryl methyl sites for hydroxylation is 1. The number of rotatable bonds is 3. The van der Waals surface area contributed by atoms with E-state index >= 15 is 0 Å². The smallest absolute Gasteiger partial charge is 0.298 e. The monoisotopic (exact) mass is 374 g/mol. The Balaban J connectivity index is 1.57. The van der Waals surface area contributed by atoms with E-state index in [-0.39, 0.29) is 13.0 Å². The molecule has 0 N–H and O–H groups in total. The van der Waals surface area contributed by atoms with Crippen LogP contribution in [0.1, 0.15) is 18.4 Å². The molecule has 2 aromatic heterocycles. The molecule has 1 unspecified atom stereocenters. The molecule has 0 aliphatic carbocycles. The van der Waals surface area contributed by atoms with Crippen molar-refractivity contribution in [2.24, 2.45) is 13.0 Å². The maximum atomic E-state index is 13.0. The van der Waals surface area contributed by atoms with Crippen molar-refractivity contribution in [3.8, 4) is 11.1 Å². The summed E-state index contributed by atoms with van der Waals surface area (Å²) in [4.78, 5) is 6.35. The maximum absolute atomic E-state index is 13.0. The van der Waals surface area contributed by atoms with Gasteiger partial charge in [0.25, 0.3) is 0 Å². The molecular formula is C20H21F3N4. The second-order valence-electron chi connectivity index (χ2n) is 7.23. The van der Waals surface area contributed by atoms with E-state index < -0.39 is 12.1 Å². The van der Waals surface area contributed by atoms with E-state index in [1.165, 1.54) is 0 Å². The third-order valence-electron chi connectivity index (χ3n) is 5.20. The molecule has 1 aliphatic heterocycles. The van der Waals surface area contributed by atoms with E-state index in [1.807, 2.05) is 48.6 Å². The Bertz CT molecular complexity index is 948. The molecule has 0 spiro atoms. The topological polar surface area (TPSA) is 34.0 Å². The summed E-state index contributed by atoms with van der Waals surface area (Å²) in [5.74, 6) is -1.22. The molecule has 142 valence electrons. The fourth-order valence-electron chi connectivity index (χ4n) is 3.83. The fraction of sp³-hybridized carbons (Fsp3) is 0.400. The molecule has 1 atom stereocenters. The zero-order valence-corrected chi connectivity index (χ0v) is 15.1. The highest BCUT2D eigenvalue weighted by atomic mass is 19.4. The van der Waals surface area contributed by atoms with Crippen LogP contribution in [0.25, 0.3) is 22.0 Å². The third kappa shape index (κ3) is 3.83. The lowest BCUT2D eigenvalue weighted by Gasteiger charge is -2.33. The van der Waals surface area contributed by atoms with Crippen LogP contribution < -0.4 is 0 Å². The number of fused-ring (bicyclic) bond motifs is 1. The number of pyridine rings is 1. The first kappa shape index (κ1) is 18.0. The minimum atomic E-state index is -4.11. The Morgan fingerprint density at radius 2 is 2.07 bits per heavy atom. The van der Waals surface area contributed by atoms with Gasteiger partial charge in [-0.3, -0.25) is 14.6 Å². The van der Waals surface area contributed by atoms with E-state index in [9.17, 15) is 13.2 Å². The summed E-state index contributed by atoms with van der Waals surface area (Å²) in [5, 5.41) is 5.23. The summed E-state index contributed by atoms with van der Waals surface area (Å²) in [6, 6.07) is 7.93. The van der Waals surface area contributed by atoms with Crippen LogP contribution in [0.15, 0.2) is 42.9 Å². The van der Waals surface area contributed by atoms with Gasteiger partial charge >= 0.3 is 6.18 Å². The third-order valence-corrected chi connectivity index (χ3v) is 5.20. The quantitative estimate of drug-likeness (QED) is 0.681. The van der Waals surface area contributed by atoms with Gasteiger partial charge in [-0.2, -0.15) is 18.3 Å². The lowest BCUT2D eigenvalue weighted by molar-refractivity contribution is -0.187. The molecule has 3 heterocycles. The van der Waals surface area contributed by atoms with E-state index in [1.54, 1.807) is 10.9 Å². The average molecular weight is 374 g/mol. The van der Waals surface area contributed by atoms with Gasteiger partial charge in [-0.15, -0.1) is 0 Å². The fourth-order valence-corrected chi connectivity index (χ4v) is 3.83. The predicted octanol–water partition coefficient (Wildman–Crippen LogP) is 4.41. The SMILES string of the molecule is Cn1cc(-c2ccnc3cc(CN4CCCC(C(F)(F)F)C4)ccc23)cn1. The van der Waals surface area contributed by atoms with Crippen molar-refractivity contribution in [1.29, 1.82) is 0 Å². The van der Waals surface area contributed by atoms with E-state index in [2.05, 4.69) is 10.1 Å². The number of aromatic nitrogens is 3. The van der Waals surface area contributed by atoms with E-state index in [0.717, 1.165) is 27.6 Å². The molecule has 0 saturated carbocycles. The van der Waals surface area contributed by atoms with Crippen molar-refractivity contribution in [2.45, 2.75) is 25.6 Å². The van der Waals surface area contributed by atoms with Gasteiger partial charge in [0.1, 0.15) is 0 Å². The van der Waals surface area contributed by atoms with Gasteiger partial charge in [-0.05, 0) is 42.6 Å². The minimum Gasteiger partial charge on any atom is -0.298 e. The summed E-state index contributed by atoms with van der Waals surface area (Å²) >= 11 is 0. The van der Waals surface area contributed by atoms with Crippen LogP contribution in [0.4, 0.5) is 13.2 Å². The highest BCUT2D eigenvalue weighted by Gasteiger charge is 2.41. The van der Waals surface area contributed by atoms with E-state index in [4.69, 9.17) is 0 Å². The van der Waals surface area contributed by atoms with Crippen LogP contribution >= 0.6 is 0 Å². The summed E-state index contributed by atoms with van der Waals surface area (Å²) in [5.41, 5.74) is 3.90. The van der Waals surface area contributed by atoms with E-state index in [0.29, 0.717) is 19.5 Å². The van der Waals surface area contributed by atoms with Gasteiger partial charge in [0.2, 0.25) is 0 Å². The lowest BCUT2D eigenvalue weighted by Crippen LogP contribution is -2.41. The largest absolute Gasteiger partial charge is 0.393 e. The molecular weight excluding hydrogens is 353 g/mol. The number of nitrogens with zero attached hydrogens (tertiary/aromatic N) is 4. The molecule has 27 heavy (non-hydrogen) atoms. The molecule has 1 aromatic carbocycles. The summed E-state index contributed by atoms with van der Waals surface area (Å²) in [7, 11) is 1.87. The zero-order chi connectivity index (χ0) is 19.0. The van der Waals surface area contributed by atoms with Gasteiger partial charge in [0, 0.05) is 43.5 Å². The number of hydrogen-bond acceptors (Lipinski definition) is 3. The molecule has 7 heteroatoms. The Labute approximate surface area is 155 Å². The molecule has 1 aliphatic rings. The Morgan fingerprint density at radius 1 is 1.22 bits per heavy atom. The maximum Gasteiger partial charge on any atom is 0.393 e. The number of likely N-dealkylation sites (tertiary alicyclic amines) is 1. The van der Waals surface area contributed by atoms with Crippen molar-refractivity contribution >= 4 is 10.9 Å². The first-order valence-corrected chi connectivity index (χ1v) is 9.06. The molecule has 0 bridgehead atoms. The predicted molar refractivity (Wildman–Crippen MR) is 98.0 cm³/mol. The number of halogens is 3. The second kappa shape index (κ2) is 6.96. The molecule has 0 amide bonds. The van der Waals surface area contributed by atoms with Gasteiger partial charge in [-0.1, -0.05) is 12.1 Å². The van der Waals surface area contributed by atoms with Crippen molar-refractivity contribution in [3.05, 3.63) is 48.4 Å². The Hall–Kier alpha value is -2.41. The van der Waals surface area contributed by atoms with Gasteiger partial charge < -0.3 is 0 Å². The minimum absolute atomic E-state index is 0.0741. The summed E-state index contributed by atoms with van der Waals surface area (Å²) in [6.07, 6.45) is 2.23. The number of alkyl halides is 3. The zero-order valence-electron chi connectivity index (χ0n) is 15.1. The van der Waals surface area contributed by atoms with Crippen LogP contribution in [0.3, 0.4) is 0 Å². The number of benzene rings is 1. The van der Waals surface area contributed by atoms with Crippen molar-refractivity contribution in [2.75, 3.05) is 13.1 Å². The van der Waals surface area contributed by atoms with Gasteiger partial charge in [0.15, 0.2) is 0 Å².